The van der Waals surface area contributed by atoms with Crippen LogP contribution in [0.25, 0.3) is 21.3 Å². The molecule has 6 nitrogen and oxygen atoms in total. The number of fused-ring (bicyclic) bond motifs is 3. The lowest BCUT2D eigenvalue weighted by Gasteiger charge is -2.28. The number of aliphatic carboxylic acids is 1. The molecular weight excluding hydrogens is 386 g/mol. The standard InChI is InChI=1S/C22H25N3O3S/c1-12-16(19(21(26)27)28-22(2,3)4)17(13-9-23-11-24-10-13)18-14-7-5-6-8-15(14)29-20(18)25-12/h9-11,19H,5-8H2,1-4H3,(H,26,27)/t19-/m1/s1. The quantitative estimate of drug-likeness (QED) is 0.658. The fraction of sp³-hybridized carbons (Fsp3) is 0.455. The van der Waals surface area contributed by atoms with Gasteiger partial charge in [0.25, 0.3) is 0 Å². The molecule has 0 fully saturated rings. The van der Waals surface area contributed by atoms with Gasteiger partial charge < -0.3 is 9.84 Å². The molecule has 0 radical (unpaired) electrons. The molecule has 7 heteroatoms. The highest BCUT2D eigenvalue weighted by molar-refractivity contribution is 7.19. The van der Waals surface area contributed by atoms with Gasteiger partial charge in [0.1, 0.15) is 11.2 Å². The number of hydrogen-bond donors (Lipinski definition) is 1. The molecule has 0 aromatic carbocycles. The van der Waals surface area contributed by atoms with Crippen LogP contribution in [-0.4, -0.2) is 31.6 Å². The molecular formula is C22H25N3O3S. The van der Waals surface area contributed by atoms with Crippen LogP contribution in [0.5, 0.6) is 0 Å². The van der Waals surface area contributed by atoms with E-state index in [2.05, 4.69) is 9.97 Å². The predicted octanol–water partition coefficient (Wildman–Crippen LogP) is 4.88. The van der Waals surface area contributed by atoms with Crippen molar-refractivity contribution in [2.75, 3.05) is 0 Å². The number of aromatic nitrogens is 3. The summed E-state index contributed by atoms with van der Waals surface area (Å²) in [5, 5.41) is 11.1. The second-order valence-corrected chi connectivity index (χ2v) is 9.54. The van der Waals surface area contributed by atoms with Gasteiger partial charge in [0.05, 0.1) is 5.60 Å². The van der Waals surface area contributed by atoms with Crippen molar-refractivity contribution in [3.8, 4) is 11.1 Å². The third-order valence-corrected chi connectivity index (χ3v) is 6.32. The van der Waals surface area contributed by atoms with Crippen LogP contribution >= 0.6 is 11.3 Å². The zero-order chi connectivity index (χ0) is 20.8. The van der Waals surface area contributed by atoms with E-state index < -0.39 is 17.7 Å². The van der Waals surface area contributed by atoms with Crippen LogP contribution in [-0.2, 0) is 22.4 Å². The van der Waals surface area contributed by atoms with Gasteiger partial charge in [-0.05, 0) is 58.9 Å². The van der Waals surface area contributed by atoms with Crippen LogP contribution in [0.1, 0.15) is 61.4 Å². The molecule has 1 aliphatic carbocycles. The van der Waals surface area contributed by atoms with Crippen molar-refractivity contribution < 1.29 is 14.6 Å². The van der Waals surface area contributed by atoms with Gasteiger partial charge in [0, 0.05) is 45.0 Å². The summed E-state index contributed by atoms with van der Waals surface area (Å²) in [6, 6.07) is 0. The molecule has 3 aromatic heterocycles. The lowest BCUT2D eigenvalue weighted by atomic mass is 9.89. The maximum absolute atomic E-state index is 12.3. The second kappa shape index (κ2) is 7.46. The van der Waals surface area contributed by atoms with Crippen LogP contribution in [0.2, 0.25) is 0 Å². The van der Waals surface area contributed by atoms with Crippen molar-refractivity contribution >= 4 is 27.5 Å². The van der Waals surface area contributed by atoms with E-state index in [1.807, 2.05) is 27.7 Å². The van der Waals surface area contributed by atoms with E-state index in [1.54, 1.807) is 23.7 Å². The summed E-state index contributed by atoms with van der Waals surface area (Å²) in [4.78, 5) is 27.8. The summed E-state index contributed by atoms with van der Waals surface area (Å²) in [6.07, 6.45) is 8.20. The smallest absolute Gasteiger partial charge is 0.337 e. The van der Waals surface area contributed by atoms with Crippen LogP contribution in [0.4, 0.5) is 0 Å². The lowest BCUT2D eigenvalue weighted by Crippen LogP contribution is -2.28. The molecule has 0 unspecified atom stereocenters. The first kappa shape index (κ1) is 19.9. The minimum Gasteiger partial charge on any atom is -0.479 e. The largest absolute Gasteiger partial charge is 0.479 e. The average Bonchev–Trinajstić information content (AvgIpc) is 3.03. The van der Waals surface area contributed by atoms with E-state index in [0.717, 1.165) is 40.6 Å². The van der Waals surface area contributed by atoms with E-state index in [9.17, 15) is 9.90 Å². The Labute approximate surface area is 174 Å². The number of carboxylic acids is 1. The highest BCUT2D eigenvalue weighted by Gasteiger charge is 2.34. The maximum atomic E-state index is 12.3. The number of carboxylic acid groups (broad SMARTS) is 1. The molecule has 3 aromatic rings. The zero-order valence-corrected chi connectivity index (χ0v) is 18.0. The van der Waals surface area contributed by atoms with Gasteiger partial charge in [0.2, 0.25) is 0 Å². The Kier molecular flexibility index (Phi) is 5.12. The monoisotopic (exact) mass is 411 g/mol. The zero-order valence-electron chi connectivity index (χ0n) is 17.2. The van der Waals surface area contributed by atoms with Gasteiger partial charge in [-0.1, -0.05) is 0 Å². The van der Waals surface area contributed by atoms with E-state index in [4.69, 9.17) is 9.72 Å². The SMILES string of the molecule is Cc1nc2sc3c(c2c(-c2cncnc2)c1[C@@H](OC(C)(C)C)C(=O)O)CCCC3. The van der Waals surface area contributed by atoms with Gasteiger partial charge in [-0.2, -0.15) is 0 Å². The first-order valence-corrected chi connectivity index (χ1v) is 10.7. The first-order chi connectivity index (χ1) is 13.8. The van der Waals surface area contributed by atoms with Gasteiger partial charge in [-0.3, -0.25) is 0 Å². The molecule has 1 atom stereocenters. The second-order valence-electron chi connectivity index (χ2n) is 8.45. The molecule has 0 saturated heterocycles. The molecule has 29 heavy (non-hydrogen) atoms. The van der Waals surface area contributed by atoms with Crippen LogP contribution in [0.15, 0.2) is 18.7 Å². The summed E-state index contributed by atoms with van der Waals surface area (Å²) in [5.74, 6) is -1.02. The summed E-state index contributed by atoms with van der Waals surface area (Å²) in [5.41, 5.74) is 3.59. The molecule has 152 valence electrons. The molecule has 0 saturated carbocycles. The molecule has 4 rings (SSSR count). The summed E-state index contributed by atoms with van der Waals surface area (Å²) in [6.45, 7) is 7.45. The number of carbonyl (C=O) groups is 1. The van der Waals surface area contributed by atoms with E-state index >= 15 is 0 Å². The van der Waals surface area contributed by atoms with Crippen molar-refractivity contribution in [2.45, 2.75) is 65.1 Å². The number of ether oxygens (including phenoxy) is 1. The lowest BCUT2D eigenvalue weighted by molar-refractivity contribution is -0.160. The van der Waals surface area contributed by atoms with Crippen LogP contribution < -0.4 is 0 Å². The predicted molar refractivity (Wildman–Crippen MR) is 113 cm³/mol. The topological polar surface area (TPSA) is 85.2 Å². The third-order valence-electron chi connectivity index (χ3n) is 5.14. The van der Waals surface area contributed by atoms with Gasteiger partial charge in [0.15, 0.2) is 6.10 Å². The summed E-state index contributed by atoms with van der Waals surface area (Å²) < 4.78 is 6.02. The Bertz CT molecular complexity index is 1070. The Morgan fingerprint density at radius 1 is 1.21 bits per heavy atom. The number of thiophene rings is 1. The average molecular weight is 412 g/mol. The molecule has 1 aliphatic rings. The number of pyridine rings is 1. The fourth-order valence-electron chi connectivity index (χ4n) is 4.05. The van der Waals surface area contributed by atoms with Crippen molar-refractivity contribution in [1.29, 1.82) is 0 Å². The number of hydrogen-bond acceptors (Lipinski definition) is 6. The van der Waals surface area contributed by atoms with Crippen LogP contribution in [0.3, 0.4) is 0 Å². The Morgan fingerprint density at radius 3 is 2.55 bits per heavy atom. The summed E-state index contributed by atoms with van der Waals surface area (Å²) in [7, 11) is 0. The highest BCUT2D eigenvalue weighted by Crippen LogP contribution is 2.45. The van der Waals surface area contributed by atoms with Crippen molar-refractivity contribution in [1.82, 2.24) is 15.0 Å². The third kappa shape index (κ3) is 3.76. The van der Waals surface area contributed by atoms with Crippen molar-refractivity contribution in [2.24, 2.45) is 0 Å². The Balaban J connectivity index is 2.08. The van der Waals surface area contributed by atoms with Gasteiger partial charge in [-0.25, -0.2) is 19.7 Å². The number of aryl methyl sites for hydroxylation is 3. The minimum absolute atomic E-state index is 0.598. The molecule has 0 bridgehead atoms. The number of rotatable bonds is 4. The molecule has 0 aliphatic heterocycles. The fourth-order valence-corrected chi connectivity index (χ4v) is 5.37. The van der Waals surface area contributed by atoms with Gasteiger partial charge >= 0.3 is 5.97 Å². The molecule has 3 heterocycles. The van der Waals surface area contributed by atoms with Gasteiger partial charge in [-0.15, -0.1) is 11.3 Å². The van der Waals surface area contributed by atoms with E-state index in [-0.39, 0.29) is 0 Å². The Morgan fingerprint density at radius 2 is 1.90 bits per heavy atom. The molecule has 1 N–H and O–H groups in total. The minimum atomic E-state index is -1.12. The van der Waals surface area contributed by atoms with Crippen molar-refractivity contribution in [3.63, 3.8) is 0 Å². The van der Waals surface area contributed by atoms with E-state index in [1.165, 1.54) is 23.2 Å². The Hall–Kier alpha value is -2.38. The highest BCUT2D eigenvalue weighted by atomic mass is 32.1. The molecule has 0 amide bonds. The van der Waals surface area contributed by atoms with Crippen molar-refractivity contribution in [3.05, 3.63) is 40.4 Å². The first-order valence-electron chi connectivity index (χ1n) is 9.87. The number of nitrogens with zero attached hydrogens (tertiary/aromatic N) is 3. The van der Waals surface area contributed by atoms with Crippen LogP contribution in [0, 0.1) is 6.92 Å². The van der Waals surface area contributed by atoms with E-state index in [0.29, 0.717) is 11.3 Å². The summed E-state index contributed by atoms with van der Waals surface area (Å²) >= 11 is 1.72. The molecule has 0 spiro atoms. The normalized spacial score (nSPS) is 15.3. The maximum Gasteiger partial charge on any atom is 0.337 e.